The van der Waals surface area contributed by atoms with E-state index in [4.69, 9.17) is 6.42 Å². The van der Waals surface area contributed by atoms with Gasteiger partial charge in [-0.1, -0.05) is 18.1 Å². The van der Waals surface area contributed by atoms with E-state index in [2.05, 4.69) is 10.8 Å². The average Bonchev–Trinajstić information content (AvgIpc) is 3.08. The molecule has 0 aromatic rings. The number of carbonyl (C=O) groups excluding carboxylic acids is 1. The van der Waals surface area contributed by atoms with Crippen LogP contribution in [0.1, 0.15) is 6.42 Å². The van der Waals surface area contributed by atoms with Crippen molar-refractivity contribution in [1.82, 2.24) is 9.80 Å². The van der Waals surface area contributed by atoms with Crippen LogP contribution < -0.4 is 0 Å². The van der Waals surface area contributed by atoms with Crippen LogP contribution in [-0.2, 0) is 9.59 Å². The number of allylic oxidation sites excluding steroid dienone is 2. The number of hydrogen-bond donors (Lipinski definition) is 1. The second-order valence-corrected chi connectivity index (χ2v) is 6.14. The summed E-state index contributed by atoms with van der Waals surface area (Å²) >= 11 is 0. The van der Waals surface area contributed by atoms with Gasteiger partial charge in [-0.25, -0.2) is 0 Å². The molecule has 3 aliphatic rings. The topological polar surface area (TPSA) is 60.9 Å². The van der Waals surface area contributed by atoms with E-state index in [0.29, 0.717) is 19.6 Å². The zero-order valence-corrected chi connectivity index (χ0v) is 11.9. The number of amides is 1. The van der Waals surface area contributed by atoms with Crippen molar-refractivity contribution in [3.05, 3.63) is 12.2 Å². The maximum Gasteiger partial charge on any atom is 0.307 e. The lowest BCUT2D eigenvalue weighted by molar-refractivity contribution is -0.151. The molecule has 1 heterocycles. The van der Waals surface area contributed by atoms with Crippen molar-refractivity contribution in [3.63, 3.8) is 0 Å². The highest BCUT2D eigenvalue weighted by atomic mass is 16.4. The molecule has 0 spiro atoms. The number of terminal acetylenes is 1. The Hall–Kier alpha value is -1.80. The van der Waals surface area contributed by atoms with Gasteiger partial charge in [-0.3, -0.25) is 14.5 Å². The number of rotatable bonds is 3. The SMILES string of the molecule is C#CCN1CCN(C(=O)[C@H]2C3C=CC(C3)[C@H]2C(=O)O)CC1. The predicted molar refractivity (Wildman–Crippen MR) is 77.2 cm³/mol. The Morgan fingerprint density at radius 2 is 1.76 bits per heavy atom. The molecular weight excluding hydrogens is 268 g/mol. The first-order chi connectivity index (χ1) is 10.1. The van der Waals surface area contributed by atoms with E-state index < -0.39 is 11.9 Å². The summed E-state index contributed by atoms with van der Waals surface area (Å²) < 4.78 is 0. The first kappa shape index (κ1) is 14.2. The first-order valence-electron chi connectivity index (χ1n) is 7.47. The Kier molecular flexibility index (Phi) is 3.73. The maximum absolute atomic E-state index is 12.7. The Morgan fingerprint density at radius 1 is 1.14 bits per heavy atom. The minimum absolute atomic E-state index is 0.0135. The van der Waals surface area contributed by atoms with Crippen molar-refractivity contribution in [2.45, 2.75) is 6.42 Å². The number of hydrogen-bond acceptors (Lipinski definition) is 3. The summed E-state index contributed by atoms with van der Waals surface area (Å²) in [6.45, 7) is 3.43. The van der Waals surface area contributed by atoms with Crippen molar-refractivity contribution in [1.29, 1.82) is 0 Å². The Balaban J connectivity index is 1.67. The van der Waals surface area contributed by atoms with Crippen LogP contribution in [0.5, 0.6) is 0 Å². The van der Waals surface area contributed by atoms with E-state index in [1.807, 2.05) is 17.1 Å². The van der Waals surface area contributed by atoms with Crippen LogP contribution >= 0.6 is 0 Å². The monoisotopic (exact) mass is 288 g/mol. The van der Waals surface area contributed by atoms with Gasteiger partial charge in [-0.2, -0.15) is 0 Å². The maximum atomic E-state index is 12.7. The normalized spacial score (nSPS) is 34.9. The smallest absolute Gasteiger partial charge is 0.307 e. The highest BCUT2D eigenvalue weighted by Crippen LogP contribution is 2.48. The molecule has 2 unspecified atom stereocenters. The van der Waals surface area contributed by atoms with E-state index in [1.165, 1.54) is 0 Å². The first-order valence-corrected chi connectivity index (χ1v) is 7.47. The van der Waals surface area contributed by atoms with Crippen LogP contribution in [0.15, 0.2) is 12.2 Å². The van der Waals surface area contributed by atoms with E-state index in [0.717, 1.165) is 19.5 Å². The van der Waals surface area contributed by atoms with Gasteiger partial charge >= 0.3 is 5.97 Å². The summed E-state index contributed by atoms with van der Waals surface area (Å²) in [4.78, 5) is 28.2. The van der Waals surface area contributed by atoms with Crippen LogP contribution in [-0.4, -0.2) is 59.5 Å². The molecule has 1 amide bonds. The minimum Gasteiger partial charge on any atom is -0.481 e. The fraction of sp³-hybridized carbons (Fsp3) is 0.625. The lowest BCUT2D eigenvalue weighted by Gasteiger charge is -2.37. The molecule has 0 aromatic heterocycles. The molecule has 2 bridgehead atoms. The minimum atomic E-state index is -0.837. The summed E-state index contributed by atoms with van der Waals surface area (Å²) in [5, 5.41) is 9.43. The molecule has 112 valence electrons. The largest absolute Gasteiger partial charge is 0.481 e. The van der Waals surface area contributed by atoms with Gasteiger partial charge in [0.15, 0.2) is 0 Å². The lowest BCUT2D eigenvalue weighted by atomic mass is 9.82. The third-order valence-electron chi connectivity index (χ3n) is 5.03. The second kappa shape index (κ2) is 5.53. The van der Waals surface area contributed by atoms with Gasteiger partial charge in [-0.05, 0) is 18.3 Å². The van der Waals surface area contributed by atoms with E-state index in [9.17, 15) is 14.7 Å². The summed E-state index contributed by atoms with van der Waals surface area (Å²) in [7, 11) is 0. The standard InChI is InChI=1S/C16H20N2O3/c1-2-5-17-6-8-18(9-7-17)15(19)13-11-3-4-12(10-11)14(13)16(20)21/h1,3-4,11-14H,5-10H2,(H,20,21)/t11?,12?,13-,14+/m0/s1. The quantitative estimate of drug-likeness (QED) is 0.599. The number of fused-ring (bicyclic) bond motifs is 2. The lowest BCUT2D eigenvalue weighted by Crippen LogP contribution is -2.52. The molecule has 1 N–H and O–H groups in total. The average molecular weight is 288 g/mol. The highest BCUT2D eigenvalue weighted by molar-refractivity contribution is 5.87. The van der Waals surface area contributed by atoms with Gasteiger partial charge in [0.1, 0.15) is 0 Å². The van der Waals surface area contributed by atoms with Crippen LogP contribution in [0.3, 0.4) is 0 Å². The molecular formula is C16H20N2O3. The number of piperazine rings is 1. The van der Waals surface area contributed by atoms with E-state index in [1.54, 1.807) is 0 Å². The van der Waals surface area contributed by atoms with Crippen molar-refractivity contribution in [2.75, 3.05) is 32.7 Å². The van der Waals surface area contributed by atoms with Crippen LogP contribution in [0.2, 0.25) is 0 Å². The van der Waals surface area contributed by atoms with Gasteiger partial charge in [0.05, 0.1) is 18.4 Å². The highest BCUT2D eigenvalue weighted by Gasteiger charge is 2.52. The van der Waals surface area contributed by atoms with Crippen molar-refractivity contribution < 1.29 is 14.7 Å². The number of carboxylic acid groups (broad SMARTS) is 1. The van der Waals surface area contributed by atoms with Crippen molar-refractivity contribution in [3.8, 4) is 12.3 Å². The van der Waals surface area contributed by atoms with Crippen molar-refractivity contribution >= 4 is 11.9 Å². The molecule has 4 atom stereocenters. The number of carboxylic acids is 1. The van der Waals surface area contributed by atoms with Gasteiger partial charge < -0.3 is 10.0 Å². The summed E-state index contributed by atoms with van der Waals surface area (Å²) in [6.07, 6.45) is 10.1. The molecule has 5 nitrogen and oxygen atoms in total. The predicted octanol–water partition coefficient (Wildman–Crippen LogP) is 0.287. The molecule has 3 rings (SSSR count). The fourth-order valence-corrected chi connectivity index (χ4v) is 3.96. The molecule has 21 heavy (non-hydrogen) atoms. The van der Waals surface area contributed by atoms with E-state index in [-0.39, 0.29) is 23.7 Å². The zero-order valence-electron chi connectivity index (χ0n) is 11.9. The Labute approximate surface area is 124 Å². The zero-order chi connectivity index (χ0) is 15.0. The van der Waals surface area contributed by atoms with Gasteiger partial charge in [0.2, 0.25) is 5.91 Å². The van der Waals surface area contributed by atoms with Crippen LogP contribution in [0.25, 0.3) is 0 Å². The molecule has 2 aliphatic carbocycles. The second-order valence-electron chi connectivity index (χ2n) is 6.14. The molecule has 0 radical (unpaired) electrons. The molecule has 0 aromatic carbocycles. The number of carbonyl (C=O) groups is 2. The third kappa shape index (κ3) is 2.44. The van der Waals surface area contributed by atoms with Crippen LogP contribution in [0.4, 0.5) is 0 Å². The molecule has 1 aliphatic heterocycles. The number of aliphatic carboxylic acids is 1. The molecule has 1 saturated carbocycles. The molecule has 2 fully saturated rings. The fourth-order valence-electron chi connectivity index (χ4n) is 3.96. The van der Waals surface area contributed by atoms with Gasteiger partial charge in [0, 0.05) is 26.2 Å². The van der Waals surface area contributed by atoms with Gasteiger partial charge in [0.25, 0.3) is 0 Å². The molecule has 1 saturated heterocycles. The molecule has 5 heteroatoms. The third-order valence-corrected chi connectivity index (χ3v) is 5.03. The Morgan fingerprint density at radius 3 is 2.33 bits per heavy atom. The number of nitrogens with zero attached hydrogens (tertiary/aromatic N) is 2. The summed E-state index contributed by atoms with van der Waals surface area (Å²) in [6, 6.07) is 0. The van der Waals surface area contributed by atoms with Crippen molar-refractivity contribution in [2.24, 2.45) is 23.7 Å². The summed E-state index contributed by atoms with van der Waals surface area (Å²) in [5.74, 6) is 1.01. The Bertz CT molecular complexity index is 514. The van der Waals surface area contributed by atoms with E-state index >= 15 is 0 Å². The van der Waals surface area contributed by atoms with Gasteiger partial charge in [-0.15, -0.1) is 6.42 Å². The summed E-state index contributed by atoms with van der Waals surface area (Å²) in [5.41, 5.74) is 0. The van der Waals surface area contributed by atoms with Crippen LogP contribution in [0, 0.1) is 36.0 Å².